The molecule has 4 rings (SSSR count). The summed E-state index contributed by atoms with van der Waals surface area (Å²) in [6, 6.07) is 24.8. The third-order valence-corrected chi connectivity index (χ3v) is 5.55. The van der Waals surface area contributed by atoms with E-state index in [0.717, 1.165) is 28.3 Å². The number of hydrogen-bond acceptors (Lipinski definition) is 3. The zero-order chi connectivity index (χ0) is 19.3. The molecule has 2 amide bonds. The van der Waals surface area contributed by atoms with Gasteiger partial charge in [0.2, 0.25) is 5.91 Å². The van der Waals surface area contributed by atoms with Crippen LogP contribution in [0.5, 0.6) is 0 Å². The fourth-order valence-electron chi connectivity index (χ4n) is 2.76. The van der Waals surface area contributed by atoms with E-state index in [0.29, 0.717) is 11.3 Å². The Bertz CT molecular complexity index is 983. The average Bonchev–Trinajstić information content (AvgIpc) is 3.56. The van der Waals surface area contributed by atoms with Crippen LogP contribution < -0.4 is 10.6 Å². The minimum atomic E-state index is -0.179. The second-order valence-electron chi connectivity index (χ2n) is 6.71. The van der Waals surface area contributed by atoms with Gasteiger partial charge in [0, 0.05) is 27.0 Å². The topological polar surface area (TPSA) is 58.2 Å². The van der Waals surface area contributed by atoms with Crippen LogP contribution in [-0.2, 0) is 4.79 Å². The highest BCUT2D eigenvalue weighted by Crippen LogP contribution is 2.33. The van der Waals surface area contributed by atoms with E-state index in [9.17, 15) is 9.59 Å². The zero-order valence-corrected chi connectivity index (χ0v) is 16.0. The molecule has 1 aliphatic carbocycles. The summed E-state index contributed by atoms with van der Waals surface area (Å²) in [5.74, 6) is 0.0341. The maximum Gasteiger partial charge on any atom is 0.255 e. The normalized spacial score (nSPS) is 13.0. The third-order valence-electron chi connectivity index (χ3n) is 4.47. The Labute approximate surface area is 168 Å². The molecule has 3 aromatic carbocycles. The van der Waals surface area contributed by atoms with Crippen molar-refractivity contribution < 1.29 is 9.59 Å². The Balaban J connectivity index is 1.44. The third kappa shape index (κ3) is 4.61. The first-order valence-electron chi connectivity index (χ1n) is 9.23. The molecule has 1 aliphatic rings. The van der Waals surface area contributed by atoms with E-state index in [1.54, 1.807) is 36.0 Å². The molecule has 1 saturated carbocycles. The maximum absolute atomic E-state index is 12.7. The van der Waals surface area contributed by atoms with Gasteiger partial charge in [0.05, 0.1) is 5.69 Å². The van der Waals surface area contributed by atoms with Crippen LogP contribution in [-0.4, -0.2) is 11.8 Å². The van der Waals surface area contributed by atoms with Gasteiger partial charge in [-0.05, 0) is 61.4 Å². The smallest absolute Gasteiger partial charge is 0.255 e. The lowest BCUT2D eigenvalue weighted by Gasteiger charge is -2.11. The molecule has 28 heavy (non-hydrogen) atoms. The molecule has 0 radical (unpaired) electrons. The summed E-state index contributed by atoms with van der Waals surface area (Å²) in [5, 5.41) is 5.87. The number of benzene rings is 3. The zero-order valence-electron chi connectivity index (χ0n) is 15.2. The van der Waals surface area contributed by atoms with E-state index in [1.165, 1.54) is 0 Å². The van der Waals surface area contributed by atoms with Crippen molar-refractivity contribution in [3.8, 4) is 0 Å². The Kier molecular flexibility index (Phi) is 5.44. The number of amides is 2. The van der Waals surface area contributed by atoms with Gasteiger partial charge in [-0.2, -0.15) is 0 Å². The first-order chi connectivity index (χ1) is 13.7. The number of carbonyl (C=O) groups is 2. The van der Waals surface area contributed by atoms with Gasteiger partial charge < -0.3 is 10.6 Å². The Morgan fingerprint density at radius 1 is 0.786 bits per heavy atom. The van der Waals surface area contributed by atoms with E-state index < -0.39 is 0 Å². The molecule has 1 fully saturated rings. The van der Waals surface area contributed by atoms with E-state index in [2.05, 4.69) is 10.6 Å². The molecule has 2 N–H and O–H groups in total. The molecule has 140 valence electrons. The van der Waals surface area contributed by atoms with E-state index in [4.69, 9.17) is 0 Å². The average molecular weight is 388 g/mol. The van der Waals surface area contributed by atoms with Crippen molar-refractivity contribution in [3.05, 3.63) is 84.4 Å². The number of hydrogen-bond donors (Lipinski definition) is 2. The van der Waals surface area contributed by atoms with Crippen LogP contribution in [0.4, 0.5) is 11.4 Å². The molecule has 0 aliphatic heterocycles. The highest BCUT2D eigenvalue weighted by atomic mass is 32.2. The Hall–Kier alpha value is -3.05. The summed E-state index contributed by atoms with van der Waals surface area (Å²) in [6.45, 7) is 0. The first kappa shape index (κ1) is 18.3. The van der Waals surface area contributed by atoms with Gasteiger partial charge >= 0.3 is 0 Å². The van der Waals surface area contributed by atoms with Crippen molar-refractivity contribution in [2.45, 2.75) is 22.6 Å². The van der Waals surface area contributed by atoms with Crippen LogP contribution >= 0.6 is 11.8 Å². The minimum Gasteiger partial charge on any atom is -0.326 e. The minimum absolute atomic E-state index is 0.0593. The lowest BCUT2D eigenvalue weighted by Crippen LogP contribution is -2.14. The number of para-hydroxylation sites is 1. The Morgan fingerprint density at radius 3 is 2.18 bits per heavy atom. The molecule has 5 heteroatoms. The second-order valence-corrected chi connectivity index (χ2v) is 7.82. The van der Waals surface area contributed by atoms with Crippen molar-refractivity contribution in [1.29, 1.82) is 0 Å². The molecular formula is C23H20N2O2S. The van der Waals surface area contributed by atoms with Gasteiger partial charge in [-0.25, -0.2) is 0 Å². The number of rotatable bonds is 6. The van der Waals surface area contributed by atoms with Crippen LogP contribution in [0.15, 0.2) is 88.7 Å². The molecule has 0 aromatic heterocycles. The lowest BCUT2D eigenvalue weighted by atomic mass is 10.2. The molecule has 3 aromatic rings. The van der Waals surface area contributed by atoms with Crippen LogP contribution in [0.25, 0.3) is 0 Å². The maximum atomic E-state index is 12.7. The summed E-state index contributed by atoms with van der Waals surface area (Å²) < 4.78 is 0. The van der Waals surface area contributed by atoms with Crippen molar-refractivity contribution in [2.24, 2.45) is 5.92 Å². The number of anilines is 2. The van der Waals surface area contributed by atoms with Gasteiger partial charge in [-0.3, -0.25) is 9.59 Å². The first-order valence-corrected chi connectivity index (χ1v) is 10.0. The quantitative estimate of drug-likeness (QED) is 0.591. The summed E-state index contributed by atoms with van der Waals surface area (Å²) in [6.07, 6.45) is 1.93. The highest BCUT2D eigenvalue weighted by molar-refractivity contribution is 7.99. The number of nitrogens with one attached hydrogen (secondary N) is 2. The van der Waals surface area contributed by atoms with Crippen molar-refractivity contribution in [3.63, 3.8) is 0 Å². The van der Waals surface area contributed by atoms with Crippen molar-refractivity contribution in [2.75, 3.05) is 10.6 Å². The summed E-state index contributed by atoms with van der Waals surface area (Å²) in [7, 11) is 0. The highest BCUT2D eigenvalue weighted by Gasteiger charge is 2.29. The second kappa shape index (κ2) is 8.31. The largest absolute Gasteiger partial charge is 0.326 e. The lowest BCUT2D eigenvalue weighted by molar-refractivity contribution is -0.117. The van der Waals surface area contributed by atoms with Crippen LogP contribution in [0.2, 0.25) is 0 Å². The van der Waals surface area contributed by atoms with E-state index in [1.807, 2.05) is 54.6 Å². The van der Waals surface area contributed by atoms with E-state index >= 15 is 0 Å². The fourth-order valence-corrected chi connectivity index (χ4v) is 3.69. The van der Waals surface area contributed by atoms with Crippen LogP contribution in [0, 0.1) is 5.92 Å². The van der Waals surface area contributed by atoms with Gasteiger partial charge in [0.1, 0.15) is 0 Å². The predicted octanol–water partition coefficient (Wildman–Crippen LogP) is 5.44. The fraction of sp³-hybridized carbons (Fsp3) is 0.130. The number of carbonyl (C=O) groups excluding carboxylic acids is 2. The monoisotopic (exact) mass is 388 g/mol. The van der Waals surface area contributed by atoms with Crippen LogP contribution in [0.1, 0.15) is 23.2 Å². The molecule has 4 nitrogen and oxygen atoms in total. The van der Waals surface area contributed by atoms with Gasteiger partial charge in [-0.1, -0.05) is 42.1 Å². The molecular weight excluding hydrogens is 368 g/mol. The van der Waals surface area contributed by atoms with E-state index in [-0.39, 0.29) is 17.7 Å². The van der Waals surface area contributed by atoms with Gasteiger partial charge in [0.25, 0.3) is 5.91 Å². The summed E-state index contributed by atoms with van der Waals surface area (Å²) in [4.78, 5) is 26.6. The predicted molar refractivity (Wildman–Crippen MR) is 113 cm³/mol. The SMILES string of the molecule is O=C(Nc1ccccc1Sc1ccccc1)c1ccc(NC(=O)C2CC2)cc1. The summed E-state index contributed by atoms with van der Waals surface area (Å²) in [5.41, 5.74) is 2.03. The van der Waals surface area contributed by atoms with Crippen LogP contribution in [0.3, 0.4) is 0 Å². The summed E-state index contributed by atoms with van der Waals surface area (Å²) >= 11 is 1.61. The molecule has 0 unspecified atom stereocenters. The van der Waals surface area contributed by atoms with Crippen molar-refractivity contribution in [1.82, 2.24) is 0 Å². The van der Waals surface area contributed by atoms with Gasteiger partial charge in [0.15, 0.2) is 0 Å². The van der Waals surface area contributed by atoms with Crippen molar-refractivity contribution >= 4 is 35.0 Å². The van der Waals surface area contributed by atoms with Gasteiger partial charge in [-0.15, -0.1) is 0 Å². The molecule has 0 spiro atoms. The molecule has 0 bridgehead atoms. The molecule has 0 atom stereocenters. The molecule has 0 heterocycles. The standard InChI is InChI=1S/C23H20N2O2S/c26-22(16-10-11-16)24-18-14-12-17(13-15-18)23(27)25-20-8-4-5-9-21(20)28-19-6-2-1-3-7-19/h1-9,12-16H,10-11H2,(H,24,26)(H,25,27). The Morgan fingerprint density at radius 2 is 1.46 bits per heavy atom. The molecule has 0 saturated heterocycles.